The van der Waals surface area contributed by atoms with Crippen molar-refractivity contribution < 1.29 is 9.53 Å². The Morgan fingerprint density at radius 2 is 2.26 bits per heavy atom. The van der Waals surface area contributed by atoms with Gasteiger partial charge in [0.2, 0.25) is 0 Å². The number of hydrogen-bond donors (Lipinski definition) is 1. The van der Waals surface area contributed by atoms with Crippen LogP contribution in [0.3, 0.4) is 0 Å². The number of hydrogen-bond acceptors (Lipinski definition) is 5. The molecule has 1 aliphatic heterocycles. The van der Waals surface area contributed by atoms with Crippen LogP contribution in [-0.4, -0.2) is 40.5 Å². The maximum Gasteiger partial charge on any atom is 0.310 e. The fraction of sp³-hybridized carbons (Fsp3) is 0.786. The molecule has 0 saturated carbocycles. The highest BCUT2D eigenvalue weighted by Crippen LogP contribution is 2.31. The largest absolute Gasteiger partial charge is 0.466 e. The first-order chi connectivity index (χ1) is 9.19. The van der Waals surface area contributed by atoms with Gasteiger partial charge in [-0.15, -0.1) is 0 Å². The van der Waals surface area contributed by atoms with Crippen molar-refractivity contribution in [3.8, 4) is 0 Å². The van der Waals surface area contributed by atoms with Crippen molar-refractivity contribution in [2.75, 3.05) is 19.7 Å². The third kappa shape index (κ3) is 4.72. The van der Waals surface area contributed by atoms with Gasteiger partial charge in [0.15, 0.2) is 0 Å². The van der Waals surface area contributed by atoms with E-state index in [0.717, 1.165) is 32.4 Å². The maximum absolute atomic E-state index is 11.8. The number of nitrogens with zero attached hydrogens (tertiary/aromatic N) is 1. The average molecular weight is 301 g/mol. The zero-order valence-corrected chi connectivity index (χ0v) is 13.2. The van der Waals surface area contributed by atoms with E-state index >= 15 is 0 Å². The molecule has 0 aromatic carbocycles. The number of carbonyl (C=O) groups excluding carboxylic acids is 1. The molecule has 19 heavy (non-hydrogen) atoms. The van der Waals surface area contributed by atoms with Gasteiger partial charge in [-0.05, 0) is 32.6 Å². The predicted octanol–water partition coefficient (Wildman–Crippen LogP) is 2.93. The molecule has 3 nitrogen and oxygen atoms in total. The SMILES string of the molecule is CCOC(=O)C1CCCN(SC2C=CC(S)CC2)C1. The Morgan fingerprint density at radius 3 is 2.95 bits per heavy atom. The summed E-state index contributed by atoms with van der Waals surface area (Å²) >= 11 is 6.35. The van der Waals surface area contributed by atoms with Gasteiger partial charge in [-0.3, -0.25) is 4.79 Å². The molecule has 0 aromatic rings. The summed E-state index contributed by atoms with van der Waals surface area (Å²) in [5, 5.41) is 0.967. The summed E-state index contributed by atoms with van der Waals surface area (Å²) in [5.74, 6) is 0.0359. The molecule has 0 aromatic heterocycles. The second kappa shape index (κ2) is 7.60. The van der Waals surface area contributed by atoms with Crippen molar-refractivity contribution in [2.24, 2.45) is 5.92 Å². The summed E-state index contributed by atoms with van der Waals surface area (Å²) in [7, 11) is 0. The summed E-state index contributed by atoms with van der Waals surface area (Å²) in [6.07, 6.45) is 8.83. The van der Waals surface area contributed by atoms with E-state index in [0.29, 0.717) is 17.1 Å². The highest BCUT2D eigenvalue weighted by molar-refractivity contribution is 7.97. The Balaban J connectivity index is 1.81. The lowest BCUT2D eigenvalue weighted by molar-refractivity contribution is -0.149. The van der Waals surface area contributed by atoms with Crippen LogP contribution in [0.5, 0.6) is 0 Å². The second-order valence-electron chi connectivity index (χ2n) is 5.15. The molecule has 1 aliphatic carbocycles. The highest BCUT2D eigenvalue weighted by Gasteiger charge is 2.28. The Bertz CT molecular complexity index is 335. The van der Waals surface area contributed by atoms with E-state index in [1.807, 2.05) is 18.9 Å². The van der Waals surface area contributed by atoms with Crippen LogP contribution in [0.25, 0.3) is 0 Å². The number of piperidine rings is 1. The Labute approximate surface area is 125 Å². The minimum Gasteiger partial charge on any atom is -0.466 e. The van der Waals surface area contributed by atoms with Crippen LogP contribution in [0.4, 0.5) is 0 Å². The van der Waals surface area contributed by atoms with Gasteiger partial charge in [0, 0.05) is 23.6 Å². The highest BCUT2D eigenvalue weighted by atomic mass is 32.2. The van der Waals surface area contributed by atoms with Crippen LogP contribution in [0, 0.1) is 5.92 Å². The molecule has 1 fully saturated rings. The summed E-state index contributed by atoms with van der Waals surface area (Å²) in [4.78, 5) is 11.8. The molecule has 2 aliphatic rings. The number of thiol groups is 1. The lowest BCUT2D eigenvalue weighted by Crippen LogP contribution is -2.36. The van der Waals surface area contributed by atoms with Crippen LogP contribution in [0.2, 0.25) is 0 Å². The molecule has 0 radical (unpaired) electrons. The van der Waals surface area contributed by atoms with Gasteiger partial charge < -0.3 is 4.74 Å². The van der Waals surface area contributed by atoms with Gasteiger partial charge in [0.05, 0.1) is 12.5 Å². The number of rotatable bonds is 4. The van der Waals surface area contributed by atoms with Crippen molar-refractivity contribution in [1.82, 2.24) is 4.31 Å². The van der Waals surface area contributed by atoms with Gasteiger partial charge in [-0.1, -0.05) is 24.1 Å². The molecular formula is C14H23NO2S2. The number of esters is 1. The molecule has 0 bridgehead atoms. The zero-order valence-electron chi connectivity index (χ0n) is 11.5. The van der Waals surface area contributed by atoms with Crippen LogP contribution in [0.1, 0.15) is 32.6 Å². The van der Waals surface area contributed by atoms with Crippen LogP contribution in [0.15, 0.2) is 12.2 Å². The van der Waals surface area contributed by atoms with E-state index in [4.69, 9.17) is 4.74 Å². The first-order valence-electron chi connectivity index (χ1n) is 7.13. The van der Waals surface area contributed by atoms with Gasteiger partial charge in [-0.25, -0.2) is 4.31 Å². The first-order valence-corrected chi connectivity index (χ1v) is 8.49. The Kier molecular flexibility index (Phi) is 6.10. The van der Waals surface area contributed by atoms with Gasteiger partial charge in [0.25, 0.3) is 0 Å². The summed E-state index contributed by atoms with van der Waals surface area (Å²) in [5.41, 5.74) is 0. The quantitative estimate of drug-likeness (QED) is 0.374. The maximum atomic E-state index is 11.8. The zero-order chi connectivity index (χ0) is 13.7. The Morgan fingerprint density at radius 1 is 1.42 bits per heavy atom. The van der Waals surface area contributed by atoms with Crippen molar-refractivity contribution >= 4 is 30.5 Å². The van der Waals surface area contributed by atoms with Gasteiger partial charge >= 0.3 is 5.97 Å². The lowest BCUT2D eigenvalue weighted by atomic mass is 10.0. The summed E-state index contributed by atoms with van der Waals surface area (Å²) in [6, 6.07) is 0. The third-order valence-corrected chi connectivity index (χ3v) is 5.31. The molecular weight excluding hydrogens is 278 g/mol. The monoisotopic (exact) mass is 301 g/mol. The molecule has 0 amide bonds. The molecule has 0 N–H and O–H groups in total. The predicted molar refractivity (Wildman–Crippen MR) is 83.5 cm³/mol. The molecule has 3 unspecified atom stereocenters. The van der Waals surface area contributed by atoms with E-state index in [2.05, 4.69) is 29.1 Å². The average Bonchev–Trinajstić information content (AvgIpc) is 2.42. The van der Waals surface area contributed by atoms with Gasteiger partial charge in [0.1, 0.15) is 0 Å². The fourth-order valence-corrected chi connectivity index (χ4v) is 4.08. The standard InChI is InChI=1S/C14H23NO2S2/c1-2-17-14(16)11-4-3-9-15(10-11)19-13-7-5-12(18)6-8-13/h5,7,11-13,18H,2-4,6,8-10H2,1H3. The molecule has 3 atom stereocenters. The minimum absolute atomic E-state index is 0.0255. The first kappa shape index (κ1) is 15.3. The van der Waals surface area contributed by atoms with Crippen molar-refractivity contribution in [3.63, 3.8) is 0 Å². The van der Waals surface area contributed by atoms with Crippen molar-refractivity contribution in [3.05, 3.63) is 12.2 Å². The van der Waals surface area contributed by atoms with E-state index in [9.17, 15) is 4.79 Å². The van der Waals surface area contributed by atoms with E-state index in [1.54, 1.807) is 0 Å². The normalized spacial score (nSPS) is 32.2. The van der Waals surface area contributed by atoms with Crippen LogP contribution < -0.4 is 0 Å². The van der Waals surface area contributed by atoms with Crippen molar-refractivity contribution in [1.29, 1.82) is 0 Å². The molecule has 5 heteroatoms. The smallest absolute Gasteiger partial charge is 0.310 e. The van der Waals surface area contributed by atoms with E-state index in [-0.39, 0.29) is 11.9 Å². The van der Waals surface area contributed by atoms with Crippen LogP contribution in [-0.2, 0) is 9.53 Å². The summed E-state index contributed by atoms with van der Waals surface area (Å²) in [6.45, 7) is 4.26. The fourth-order valence-electron chi connectivity index (χ4n) is 2.55. The van der Waals surface area contributed by atoms with Crippen LogP contribution >= 0.6 is 24.6 Å². The number of ether oxygens (including phenoxy) is 1. The molecule has 1 heterocycles. The second-order valence-corrected chi connectivity index (χ2v) is 7.15. The molecule has 1 saturated heterocycles. The topological polar surface area (TPSA) is 29.5 Å². The molecule has 0 spiro atoms. The van der Waals surface area contributed by atoms with Crippen molar-refractivity contribution in [2.45, 2.75) is 43.1 Å². The Hall–Kier alpha value is -0.130. The van der Waals surface area contributed by atoms with E-state index < -0.39 is 0 Å². The van der Waals surface area contributed by atoms with E-state index in [1.165, 1.54) is 6.42 Å². The molecule has 2 rings (SSSR count). The molecule has 108 valence electrons. The number of carbonyl (C=O) groups is 1. The minimum atomic E-state index is -0.0255. The lowest BCUT2D eigenvalue weighted by Gasteiger charge is -2.33. The third-order valence-electron chi connectivity index (χ3n) is 3.58. The summed E-state index contributed by atoms with van der Waals surface area (Å²) < 4.78 is 7.48. The van der Waals surface area contributed by atoms with Gasteiger partial charge in [-0.2, -0.15) is 12.6 Å².